The van der Waals surface area contributed by atoms with Crippen LogP contribution in [0.25, 0.3) is 0 Å². The number of pyridine rings is 1. The highest BCUT2D eigenvalue weighted by Gasteiger charge is 2.25. The molecule has 0 spiro atoms. The molecule has 1 unspecified atom stereocenters. The molecule has 2 amide bonds. The minimum Gasteiger partial charge on any atom is -0.338 e. The predicted octanol–water partition coefficient (Wildman–Crippen LogP) is 4.11. The number of carbonyl (C=O) groups excluding carboxylic acids is 2. The van der Waals surface area contributed by atoms with E-state index in [2.05, 4.69) is 10.3 Å². The first-order valence-corrected chi connectivity index (χ1v) is 9.70. The van der Waals surface area contributed by atoms with E-state index in [-0.39, 0.29) is 17.6 Å². The summed E-state index contributed by atoms with van der Waals surface area (Å²) >= 11 is 0. The average molecular weight is 383 g/mol. The topological polar surface area (TPSA) is 62.3 Å². The summed E-state index contributed by atoms with van der Waals surface area (Å²) < 4.78 is 13.2. The molecule has 1 aliphatic rings. The predicted molar refractivity (Wildman–Crippen MR) is 107 cm³/mol. The number of nitrogens with one attached hydrogen (secondary N) is 1. The summed E-state index contributed by atoms with van der Waals surface area (Å²) in [5.41, 5.74) is 2.83. The van der Waals surface area contributed by atoms with Gasteiger partial charge in [-0.15, -0.1) is 0 Å². The summed E-state index contributed by atoms with van der Waals surface area (Å²) in [5, 5.41) is 2.85. The van der Waals surface area contributed by atoms with E-state index in [9.17, 15) is 14.0 Å². The Balaban J connectivity index is 1.51. The number of rotatable bonds is 5. The van der Waals surface area contributed by atoms with E-state index in [4.69, 9.17) is 0 Å². The zero-order valence-corrected chi connectivity index (χ0v) is 16.4. The maximum Gasteiger partial charge on any atom is 0.255 e. The number of nitrogens with zero attached hydrogens (tertiary/aromatic N) is 2. The van der Waals surface area contributed by atoms with Crippen molar-refractivity contribution in [3.8, 4) is 0 Å². The quantitative estimate of drug-likeness (QED) is 0.845. The lowest BCUT2D eigenvalue weighted by Crippen LogP contribution is -2.40. The van der Waals surface area contributed by atoms with Crippen LogP contribution in [0.1, 0.15) is 47.3 Å². The molecule has 1 fully saturated rings. The van der Waals surface area contributed by atoms with Crippen LogP contribution in [0.15, 0.2) is 36.5 Å². The summed E-state index contributed by atoms with van der Waals surface area (Å²) in [6.07, 6.45) is 4.69. The molecule has 0 bridgehead atoms. The maximum atomic E-state index is 13.2. The van der Waals surface area contributed by atoms with Gasteiger partial charge in [0.25, 0.3) is 5.91 Å². The second kappa shape index (κ2) is 8.95. The zero-order chi connectivity index (χ0) is 20.1. The van der Waals surface area contributed by atoms with Crippen LogP contribution in [0, 0.1) is 25.6 Å². The van der Waals surface area contributed by atoms with Gasteiger partial charge in [0.1, 0.15) is 5.82 Å². The Labute approximate surface area is 165 Å². The number of likely N-dealkylation sites (tertiary alicyclic amines) is 1. The molecule has 0 saturated carbocycles. The Bertz CT molecular complexity index is 851. The van der Waals surface area contributed by atoms with Gasteiger partial charge in [0.2, 0.25) is 5.91 Å². The second-order valence-corrected chi connectivity index (χ2v) is 7.49. The fourth-order valence-corrected chi connectivity index (χ4v) is 3.58. The number of carbonyl (C=O) groups is 2. The van der Waals surface area contributed by atoms with Gasteiger partial charge in [-0.2, -0.15) is 0 Å². The van der Waals surface area contributed by atoms with E-state index >= 15 is 0 Å². The van der Waals surface area contributed by atoms with Crippen LogP contribution in [-0.4, -0.2) is 34.8 Å². The molecule has 2 heterocycles. The SMILES string of the molecule is Cc1ccc(C(=O)N2CCCC(CCC(=O)Nc3ccc(F)cc3C)C2)cn1. The number of anilines is 1. The first-order chi connectivity index (χ1) is 13.4. The third-order valence-electron chi connectivity index (χ3n) is 5.21. The van der Waals surface area contributed by atoms with Crippen molar-refractivity contribution in [1.29, 1.82) is 0 Å². The first kappa shape index (κ1) is 20.0. The van der Waals surface area contributed by atoms with Crippen molar-refractivity contribution in [2.75, 3.05) is 18.4 Å². The van der Waals surface area contributed by atoms with Gasteiger partial charge >= 0.3 is 0 Å². The van der Waals surface area contributed by atoms with E-state index in [1.807, 2.05) is 24.0 Å². The minimum atomic E-state index is -0.314. The van der Waals surface area contributed by atoms with Gasteiger partial charge in [-0.25, -0.2) is 4.39 Å². The monoisotopic (exact) mass is 383 g/mol. The Morgan fingerprint density at radius 3 is 2.79 bits per heavy atom. The van der Waals surface area contributed by atoms with Crippen molar-refractivity contribution < 1.29 is 14.0 Å². The molecule has 28 heavy (non-hydrogen) atoms. The molecular weight excluding hydrogens is 357 g/mol. The van der Waals surface area contributed by atoms with Crippen molar-refractivity contribution in [2.45, 2.75) is 39.5 Å². The number of hydrogen-bond acceptors (Lipinski definition) is 3. The van der Waals surface area contributed by atoms with E-state index in [0.29, 0.717) is 35.7 Å². The fraction of sp³-hybridized carbons (Fsp3) is 0.409. The molecule has 0 aliphatic carbocycles. The Hall–Kier alpha value is -2.76. The van der Waals surface area contributed by atoms with E-state index in [1.54, 1.807) is 19.2 Å². The molecule has 1 aromatic heterocycles. The summed E-state index contributed by atoms with van der Waals surface area (Å²) in [7, 11) is 0. The van der Waals surface area contributed by atoms with Crippen LogP contribution in [0.5, 0.6) is 0 Å². The number of aryl methyl sites for hydroxylation is 2. The normalized spacial score (nSPS) is 16.7. The lowest BCUT2D eigenvalue weighted by molar-refractivity contribution is -0.116. The Kier molecular flexibility index (Phi) is 6.39. The number of benzene rings is 1. The summed E-state index contributed by atoms with van der Waals surface area (Å²) in [6.45, 7) is 5.06. The molecule has 1 atom stereocenters. The molecule has 6 heteroatoms. The zero-order valence-electron chi connectivity index (χ0n) is 16.4. The van der Waals surface area contributed by atoms with Gasteiger partial charge in [0.15, 0.2) is 0 Å². The van der Waals surface area contributed by atoms with Gasteiger partial charge in [0, 0.05) is 37.1 Å². The third kappa shape index (κ3) is 5.15. The lowest BCUT2D eigenvalue weighted by atomic mass is 9.93. The van der Waals surface area contributed by atoms with Crippen LogP contribution in [0.3, 0.4) is 0 Å². The average Bonchev–Trinajstić information content (AvgIpc) is 2.69. The molecule has 1 saturated heterocycles. The minimum absolute atomic E-state index is 0.00332. The highest BCUT2D eigenvalue weighted by Crippen LogP contribution is 2.23. The largest absolute Gasteiger partial charge is 0.338 e. The van der Waals surface area contributed by atoms with Crippen molar-refractivity contribution in [3.05, 3.63) is 59.2 Å². The number of piperidine rings is 1. The first-order valence-electron chi connectivity index (χ1n) is 9.70. The van der Waals surface area contributed by atoms with Crippen LogP contribution in [-0.2, 0) is 4.79 Å². The van der Waals surface area contributed by atoms with Crippen molar-refractivity contribution in [2.24, 2.45) is 5.92 Å². The van der Waals surface area contributed by atoms with Gasteiger partial charge in [0.05, 0.1) is 5.56 Å². The molecule has 1 aliphatic heterocycles. The standard InChI is InChI=1S/C22H26FN3O2/c1-15-12-19(23)8-9-20(15)25-21(27)10-6-17-4-3-11-26(14-17)22(28)18-7-5-16(2)24-13-18/h5,7-9,12-13,17H,3-4,6,10-11,14H2,1-2H3,(H,25,27). The van der Waals surface area contributed by atoms with Gasteiger partial charge < -0.3 is 10.2 Å². The Morgan fingerprint density at radius 2 is 2.07 bits per heavy atom. The molecule has 1 aromatic carbocycles. The van der Waals surface area contributed by atoms with Crippen molar-refractivity contribution in [1.82, 2.24) is 9.88 Å². The number of aromatic nitrogens is 1. The highest BCUT2D eigenvalue weighted by atomic mass is 19.1. The van der Waals surface area contributed by atoms with Crippen LogP contribution in [0.4, 0.5) is 10.1 Å². The molecule has 2 aromatic rings. The fourth-order valence-electron chi connectivity index (χ4n) is 3.58. The van der Waals surface area contributed by atoms with Gasteiger partial charge in [-0.3, -0.25) is 14.6 Å². The molecule has 0 radical (unpaired) electrons. The summed E-state index contributed by atoms with van der Waals surface area (Å²) in [6, 6.07) is 7.98. The Morgan fingerprint density at radius 1 is 1.25 bits per heavy atom. The second-order valence-electron chi connectivity index (χ2n) is 7.49. The van der Waals surface area contributed by atoms with E-state index in [0.717, 1.165) is 31.5 Å². The molecule has 1 N–H and O–H groups in total. The van der Waals surface area contributed by atoms with Crippen LogP contribution in [0.2, 0.25) is 0 Å². The lowest BCUT2D eigenvalue weighted by Gasteiger charge is -2.32. The maximum absolute atomic E-state index is 13.2. The van der Waals surface area contributed by atoms with Crippen molar-refractivity contribution in [3.63, 3.8) is 0 Å². The highest BCUT2D eigenvalue weighted by molar-refractivity contribution is 5.94. The molecular formula is C22H26FN3O2. The van der Waals surface area contributed by atoms with Crippen LogP contribution >= 0.6 is 0 Å². The molecule has 148 valence electrons. The van der Waals surface area contributed by atoms with E-state index < -0.39 is 0 Å². The van der Waals surface area contributed by atoms with Gasteiger partial charge in [-0.05, 0) is 74.9 Å². The van der Waals surface area contributed by atoms with Crippen molar-refractivity contribution >= 4 is 17.5 Å². The number of amides is 2. The summed E-state index contributed by atoms with van der Waals surface area (Å²) in [4.78, 5) is 31.0. The number of hydrogen-bond donors (Lipinski definition) is 1. The van der Waals surface area contributed by atoms with Gasteiger partial charge in [-0.1, -0.05) is 0 Å². The third-order valence-corrected chi connectivity index (χ3v) is 5.21. The van der Waals surface area contributed by atoms with E-state index in [1.165, 1.54) is 12.1 Å². The van der Waals surface area contributed by atoms with Crippen LogP contribution < -0.4 is 5.32 Å². The number of halogens is 1. The molecule has 3 rings (SSSR count). The molecule has 5 nitrogen and oxygen atoms in total. The summed E-state index contributed by atoms with van der Waals surface area (Å²) in [5.74, 6) is -0.0908. The smallest absolute Gasteiger partial charge is 0.255 e.